The fourth-order valence-electron chi connectivity index (χ4n) is 2.50. The second kappa shape index (κ2) is 5.48. The molecule has 19 heavy (non-hydrogen) atoms. The van der Waals surface area contributed by atoms with Gasteiger partial charge in [0.05, 0.1) is 0 Å². The van der Waals surface area contributed by atoms with Crippen LogP contribution in [0.15, 0.2) is 22.9 Å². The molecule has 2 aromatic heterocycles. The molecule has 5 nitrogen and oxygen atoms in total. The third-order valence-corrected chi connectivity index (χ3v) is 3.55. The molecule has 0 amide bonds. The van der Waals surface area contributed by atoms with Crippen molar-refractivity contribution in [1.29, 1.82) is 0 Å². The van der Waals surface area contributed by atoms with Gasteiger partial charge in [-0.1, -0.05) is 11.2 Å². The fraction of sp³-hybridized carbons (Fsp3) is 0.500. The molecule has 0 radical (unpaired) electrons. The van der Waals surface area contributed by atoms with Crippen molar-refractivity contribution in [2.45, 2.75) is 26.2 Å². The number of nitrogens with zero attached hydrogens (tertiary/aromatic N) is 3. The fourth-order valence-corrected chi connectivity index (χ4v) is 2.50. The van der Waals surface area contributed by atoms with E-state index in [1.807, 2.05) is 19.1 Å². The van der Waals surface area contributed by atoms with Crippen LogP contribution in [-0.4, -0.2) is 28.2 Å². The van der Waals surface area contributed by atoms with Crippen molar-refractivity contribution >= 4 is 0 Å². The van der Waals surface area contributed by atoms with Crippen LogP contribution in [0.1, 0.15) is 24.3 Å². The Kier molecular flexibility index (Phi) is 3.55. The van der Waals surface area contributed by atoms with E-state index in [4.69, 9.17) is 4.52 Å². The van der Waals surface area contributed by atoms with E-state index in [9.17, 15) is 0 Å². The lowest BCUT2D eigenvalue weighted by atomic mass is 9.96. The Morgan fingerprint density at radius 2 is 2.42 bits per heavy atom. The Morgan fingerprint density at radius 3 is 3.21 bits per heavy atom. The summed E-state index contributed by atoms with van der Waals surface area (Å²) in [5.74, 6) is 1.91. The van der Waals surface area contributed by atoms with E-state index in [0.29, 0.717) is 17.6 Å². The van der Waals surface area contributed by atoms with Crippen LogP contribution < -0.4 is 5.32 Å². The normalized spacial score (nSPS) is 19.5. The molecule has 1 unspecified atom stereocenters. The summed E-state index contributed by atoms with van der Waals surface area (Å²) in [6.07, 6.45) is 5.06. The zero-order valence-corrected chi connectivity index (χ0v) is 11.1. The zero-order chi connectivity index (χ0) is 13.1. The van der Waals surface area contributed by atoms with Crippen LogP contribution in [0.2, 0.25) is 0 Å². The second-order valence-electron chi connectivity index (χ2n) is 5.10. The van der Waals surface area contributed by atoms with E-state index in [2.05, 4.69) is 20.4 Å². The third kappa shape index (κ3) is 2.81. The monoisotopic (exact) mass is 258 g/mol. The molecule has 5 heteroatoms. The van der Waals surface area contributed by atoms with Gasteiger partial charge in [0.25, 0.3) is 0 Å². The number of pyridine rings is 1. The molecule has 1 atom stereocenters. The highest BCUT2D eigenvalue weighted by atomic mass is 16.5. The van der Waals surface area contributed by atoms with Gasteiger partial charge in [0.2, 0.25) is 11.7 Å². The van der Waals surface area contributed by atoms with Crippen molar-refractivity contribution in [2.24, 2.45) is 5.92 Å². The molecule has 3 rings (SSSR count). The van der Waals surface area contributed by atoms with Crippen LogP contribution in [0, 0.1) is 12.8 Å². The van der Waals surface area contributed by atoms with Crippen LogP contribution in [0.4, 0.5) is 0 Å². The summed E-state index contributed by atoms with van der Waals surface area (Å²) in [6, 6.07) is 3.91. The number of rotatable bonds is 3. The third-order valence-electron chi connectivity index (χ3n) is 3.55. The molecule has 0 aromatic carbocycles. The minimum atomic E-state index is 0.594. The van der Waals surface area contributed by atoms with Gasteiger partial charge in [0.1, 0.15) is 5.69 Å². The van der Waals surface area contributed by atoms with Gasteiger partial charge in [-0.3, -0.25) is 4.98 Å². The van der Waals surface area contributed by atoms with E-state index in [0.717, 1.165) is 30.8 Å². The molecule has 0 spiro atoms. The minimum absolute atomic E-state index is 0.594. The largest absolute Gasteiger partial charge is 0.339 e. The Hall–Kier alpha value is -1.75. The van der Waals surface area contributed by atoms with Gasteiger partial charge in [-0.05, 0) is 50.4 Å². The Morgan fingerprint density at radius 1 is 1.47 bits per heavy atom. The quantitative estimate of drug-likeness (QED) is 0.912. The Balaban J connectivity index is 1.74. The molecule has 100 valence electrons. The van der Waals surface area contributed by atoms with E-state index in [1.165, 1.54) is 12.8 Å². The molecule has 0 saturated carbocycles. The number of aryl methyl sites for hydroxylation is 1. The van der Waals surface area contributed by atoms with Crippen LogP contribution in [0.5, 0.6) is 0 Å². The van der Waals surface area contributed by atoms with Crippen LogP contribution in [0.3, 0.4) is 0 Å². The predicted octanol–water partition coefficient (Wildman–Crippen LogP) is 1.98. The average molecular weight is 258 g/mol. The summed E-state index contributed by atoms with van der Waals surface area (Å²) >= 11 is 0. The van der Waals surface area contributed by atoms with E-state index in [1.54, 1.807) is 6.20 Å². The first-order chi connectivity index (χ1) is 9.33. The van der Waals surface area contributed by atoms with Gasteiger partial charge >= 0.3 is 0 Å². The smallest absolute Gasteiger partial charge is 0.227 e. The number of piperidine rings is 1. The first-order valence-corrected chi connectivity index (χ1v) is 6.78. The maximum absolute atomic E-state index is 5.35. The molecular formula is C14H18N4O. The summed E-state index contributed by atoms with van der Waals surface area (Å²) in [5, 5.41) is 7.44. The number of hydrogen-bond donors (Lipinski definition) is 1. The molecule has 2 aromatic rings. The predicted molar refractivity (Wildman–Crippen MR) is 71.6 cm³/mol. The van der Waals surface area contributed by atoms with Gasteiger partial charge in [0.15, 0.2) is 0 Å². The molecule has 1 aliphatic rings. The van der Waals surface area contributed by atoms with Crippen LogP contribution >= 0.6 is 0 Å². The standard InChI is InChI=1S/C14H18N4O/c1-10-4-2-7-16-13(10)14-17-12(19-18-14)8-11-5-3-6-15-9-11/h2,4,7,11,15H,3,5-6,8-9H2,1H3. The van der Waals surface area contributed by atoms with E-state index < -0.39 is 0 Å². The first kappa shape index (κ1) is 12.3. The number of hydrogen-bond acceptors (Lipinski definition) is 5. The molecule has 1 aliphatic heterocycles. The zero-order valence-electron chi connectivity index (χ0n) is 11.1. The molecule has 1 N–H and O–H groups in total. The molecule has 0 aliphatic carbocycles. The Bertz CT molecular complexity index is 546. The van der Waals surface area contributed by atoms with Crippen molar-refractivity contribution in [3.63, 3.8) is 0 Å². The maximum Gasteiger partial charge on any atom is 0.227 e. The highest BCUT2D eigenvalue weighted by molar-refractivity contribution is 5.53. The van der Waals surface area contributed by atoms with Crippen molar-refractivity contribution in [3.05, 3.63) is 29.8 Å². The van der Waals surface area contributed by atoms with Gasteiger partial charge in [0, 0.05) is 12.6 Å². The topological polar surface area (TPSA) is 63.8 Å². The highest BCUT2D eigenvalue weighted by Gasteiger charge is 2.18. The summed E-state index contributed by atoms with van der Waals surface area (Å²) in [6.45, 7) is 4.17. The summed E-state index contributed by atoms with van der Waals surface area (Å²) in [5.41, 5.74) is 1.87. The lowest BCUT2D eigenvalue weighted by Gasteiger charge is -2.20. The second-order valence-corrected chi connectivity index (χ2v) is 5.10. The molecule has 3 heterocycles. The van der Waals surface area contributed by atoms with Gasteiger partial charge in [-0.2, -0.15) is 4.98 Å². The first-order valence-electron chi connectivity index (χ1n) is 6.78. The van der Waals surface area contributed by atoms with Crippen molar-refractivity contribution in [3.8, 4) is 11.5 Å². The van der Waals surface area contributed by atoms with Gasteiger partial charge < -0.3 is 9.84 Å². The number of aromatic nitrogens is 3. The van der Waals surface area contributed by atoms with Gasteiger partial charge in [-0.15, -0.1) is 0 Å². The lowest BCUT2D eigenvalue weighted by molar-refractivity contribution is 0.316. The summed E-state index contributed by atoms with van der Waals surface area (Å²) in [7, 11) is 0. The van der Waals surface area contributed by atoms with Crippen LogP contribution in [0.25, 0.3) is 11.5 Å². The highest BCUT2D eigenvalue weighted by Crippen LogP contribution is 2.20. The van der Waals surface area contributed by atoms with Gasteiger partial charge in [-0.25, -0.2) is 0 Å². The summed E-state index contributed by atoms with van der Waals surface area (Å²) in [4.78, 5) is 8.78. The van der Waals surface area contributed by atoms with E-state index >= 15 is 0 Å². The summed E-state index contributed by atoms with van der Waals surface area (Å²) < 4.78 is 5.35. The van der Waals surface area contributed by atoms with Crippen molar-refractivity contribution in [2.75, 3.05) is 13.1 Å². The van der Waals surface area contributed by atoms with Crippen molar-refractivity contribution in [1.82, 2.24) is 20.4 Å². The molecule has 1 saturated heterocycles. The Labute approximate surface area is 112 Å². The molecular weight excluding hydrogens is 240 g/mol. The number of nitrogens with one attached hydrogen (secondary N) is 1. The van der Waals surface area contributed by atoms with E-state index in [-0.39, 0.29) is 0 Å². The lowest BCUT2D eigenvalue weighted by Crippen LogP contribution is -2.30. The van der Waals surface area contributed by atoms with Crippen LogP contribution in [-0.2, 0) is 6.42 Å². The van der Waals surface area contributed by atoms with Crippen molar-refractivity contribution < 1.29 is 4.52 Å². The minimum Gasteiger partial charge on any atom is -0.339 e. The molecule has 1 fully saturated rings. The average Bonchev–Trinajstić information content (AvgIpc) is 2.89. The maximum atomic E-state index is 5.35. The SMILES string of the molecule is Cc1cccnc1-c1noc(CC2CCCNC2)n1. The molecule has 0 bridgehead atoms.